The number of thiazole rings is 1. The Hall–Kier alpha value is -3.15. The molecule has 3 heterocycles. The topological polar surface area (TPSA) is 127 Å². The van der Waals surface area contributed by atoms with Crippen molar-refractivity contribution in [3.05, 3.63) is 36.0 Å². The minimum absolute atomic E-state index is 0.0238. The zero-order chi connectivity index (χ0) is 18.9. The van der Waals surface area contributed by atoms with Crippen LogP contribution in [0.25, 0.3) is 21.3 Å². The fourth-order valence-electron chi connectivity index (χ4n) is 1.85. The molecule has 0 fully saturated rings. The van der Waals surface area contributed by atoms with Gasteiger partial charge in [0, 0.05) is 18.0 Å². The maximum atomic E-state index is 12.4. The van der Waals surface area contributed by atoms with E-state index in [2.05, 4.69) is 25.1 Å². The van der Waals surface area contributed by atoms with Crippen molar-refractivity contribution in [2.45, 2.75) is 13.1 Å². The van der Waals surface area contributed by atoms with E-state index in [0.717, 1.165) is 5.56 Å². The summed E-state index contributed by atoms with van der Waals surface area (Å²) in [7, 11) is 0. The van der Waals surface area contributed by atoms with Crippen molar-refractivity contribution >= 4 is 23.0 Å². The highest BCUT2D eigenvalue weighted by molar-refractivity contribution is 7.18. The Labute approximate surface area is 148 Å². The van der Waals surface area contributed by atoms with Gasteiger partial charge in [0.1, 0.15) is 9.88 Å². The average molecular weight is 381 g/mol. The third-order valence-corrected chi connectivity index (χ3v) is 4.25. The largest absolute Gasteiger partial charge is 0.449 e. The Bertz CT molecular complexity index is 978. The van der Waals surface area contributed by atoms with Gasteiger partial charge in [-0.25, -0.2) is 9.98 Å². The number of aliphatic imine (C=N–C) groups is 1. The van der Waals surface area contributed by atoms with Crippen molar-refractivity contribution < 1.29 is 17.7 Å². The van der Waals surface area contributed by atoms with Crippen molar-refractivity contribution in [2.24, 2.45) is 10.7 Å². The molecular weight excluding hydrogens is 371 g/mol. The first-order valence-corrected chi connectivity index (χ1v) is 7.79. The number of amidine groups is 2. The van der Waals surface area contributed by atoms with Gasteiger partial charge in [-0.3, -0.25) is 10.4 Å². The number of nitrogens with two attached hydrogens (primary N) is 1. The Kier molecular flexibility index (Phi) is 4.50. The summed E-state index contributed by atoms with van der Waals surface area (Å²) in [5, 5.41) is 11.7. The maximum absolute atomic E-state index is 12.4. The van der Waals surface area contributed by atoms with Crippen LogP contribution < -0.4 is 5.73 Å². The van der Waals surface area contributed by atoms with E-state index in [-0.39, 0.29) is 5.89 Å². The van der Waals surface area contributed by atoms with Gasteiger partial charge in [0.25, 0.3) is 5.89 Å². The predicted molar refractivity (Wildman–Crippen MR) is 87.9 cm³/mol. The van der Waals surface area contributed by atoms with Crippen molar-refractivity contribution in [3.8, 4) is 21.3 Å². The second-order valence-electron chi connectivity index (χ2n) is 4.94. The molecule has 0 aliphatic heterocycles. The number of halogens is 3. The van der Waals surface area contributed by atoms with Crippen molar-refractivity contribution in [3.63, 3.8) is 0 Å². The molecule has 3 aromatic rings. The lowest BCUT2D eigenvalue weighted by Gasteiger charge is -2.03. The molecule has 8 nitrogen and oxygen atoms in total. The van der Waals surface area contributed by atoms with Crippen LogP contribution in [-0.2, 0) is 0 Å². The highest BCUT2D eigenvalue weighted by Crippen LogP contribution is 2.34. The van der Waals surface area contributed by atoms with E-state index in [0.29, 0.717) is 15.6 Å². The maximum Gasteiger partial charge on any atom is 0.449 e. The molecule has 0 amide bonds. The molecule has 0 aliphatic rings. The molecule has 0 aromatic carbocycles. The van der Waals surface area contributed by atoms with E-state index in [9.17, 15) is 13.2 Å². The summed E-state index contributed by atoms with van der Waals surface area (Å²) >= 11 is 1.25. The second kappa shape index (κ2) is 6.63. The number of nitrogens with one attached hydrogen (secondary N) is 1. The lowest BCUT2D eigenvalue weighted by atomic mass is 10.3. The van der Waals surface area contributed by atoms with Gasteiger partial charge in [0.05, 0.1) is 5.69 Å². The van der Waals surface area contributed by atoms with Crippen LogP contribution in [0.1, 0.15) is 11.5 Å². The summed E-state index contributed by atoms with van der Waals surface area (Å²) in [6.07, 6.45) is -1.56. The van der Waals surface area contributed by atoms with Crippen LogP contribution in [0.15, 0.2) is 34.0 Å². The van der Waals surface area contributed by atoms with Gasteiger partial charge < -0.3 is 10.3 Å². The SMILES string of the molecule is Cc1nc(-c2cccnc2)sc1-c1nc(C(=N)N=C(N)C(F)(F)F)no1. The second-order valence-corrected chi connectivity index (χ2v) is 5.94. The summed E-state index contributed by atoms with van der Waals surface area (Å²) in [6, 6.07) is 3.60. The van der Waals surface area contributed by atoms with Gasteiger partial charge in [-0.05, 0) is 19.1 Å². The van der Waals surface area contributed by atoms with Crippen LogP contribution in [-0.4, -0.2) is 38.0 Å². The Morgan fingerprint density at radius 2 is 2.12 bits per heavy atom. The molecular formula is C14H10F3N7OS. The molecule has 0 atom stereocenters. The molecule has 3 rings (SSSR count). The number of nitrogens with zero attached hydrogens (tertiary/aromatic N) is 5. The first kappa shape index (κ1) is 17.7. The summed E-state index contributed by atoms with van der Waals surface area (Å²) in [5.74, 6) is -2.91. The minimum Gasteiger partial charge on any atom is -0.380 e. The van der Waals surface area contributed by atoms with Crippen LogP contribution in [0.3, 0.4) is 0 Å². The van der Waals surface area contributed by atoms with E-state index >= 15 is 0 Å². The first-order chi connectivity index (χ1) is 12.3. The van der Waals surface area contributed by atoms with Crippen LogP contribution in [0.5, 0.6) is 0 Å². The lowest BCUT2D eigenvalue weighted by Crippen LogP contribution is -2.32. The van der Waals surface area contributed by atoms with Crippen LogP contribution in [0.4, 0.5) is 13.2 Å². The van der Waals surface area contributed by atoms with E-state index in [1.165, 1.54) is 11.3 Å². The molecule has 0 spiro atoms. The molecule has 3 N–H and O–H groups in total. The average Bonchev–Trinajstić information content (AvgIpc) is 3.21. The van der Waals surface area contributed by atoms with Crippen LogP contribution in [0, 0.1) is 12.3 Å². The molecule has 26 heavy (non-hydrogen) atoms. The molecule has 3 aromatic heterocycles. The third-order valence-electron chi connectivity index (χ3n) is 3.06. The van der Waals surface area contributed by atoms with Crippen molar-refractivity contribution in [2.75, 3.05) is 0 Å². The quantitative estimate of drug-likeness (QED) is 0.530. The summed E-state index contributed by atoms with van der Waals surface area (Å²) in [6.45, 7) is 1.72. The third kappa shape index (κ3) is 3.59. The lowest BCUT2D eigenvalue weighted by molar-refractivity contribution is -0.0597. The molecule has 0 radical (unpaired) electrons. The normalized spacial score (nSPS) is 12.4. The zero-order valence-corrected chi connectivity index (χ0v) is 13.9. The molecule has 12 heteroatoms. The van der Waals surface area contributed by atoms with E-state index in [4.69, 9.17) is 15.7 Å². The number of alkyl halides is 3. The monoisotopic (exact) mass is 381 g/mol. The smallest absolute Gasteiger partial charge is 0.380 e. The van der Waals surface area contributed by atoms with Crippen LogP contribution >= 0.6 is 11.3 Å². The fourth-order valence-corrected chi connectivity index (χ4v) is 2.83. The first-order valence-electron chi connectivity index (χ1n) is 6.98. The van der Waals surface area contributed by atoms with Crippen molar-refractivity contribution in [1.29, 1.82) is 5.41 Å². The number of aryl methyl sites for hydroxylation is 1. The van der Waals surface area contributed by atoms with E-state index < -0.39 is 23.7 Å². The molecule has 0 aliphatic carbocycles. The molecule has 0 unspecified atom stereocenters. The fraction of sp³-hybridized carbons (Fsp3) is 0.143. The number of hydrogen-bond donors (Lipinski definition) is 2. The number of hydrogen-bond acceptors (Lipinski definition) is 7. The van der Waals surface area contributed by atoms with Gasteiger partial charge in [0.15, 0.2) is 5.84 Å². The minimum atomic E-state index is -4.84. The van der Waals surface area contributed by atoms with Gasteiger partial charge in [-0.2, -0.15) is 18.2 Å². The number of aromatic nitrogens is 4. The Morgan fingerprint density at radius 1 is 1.35 bits per heavy atom. The van der Waals surface area contributed by atoms with Gasteiger partial charge in [-0.15, -0.1) is 11.3 Å². The van der Waals surface area contributed by atoms with E-state index in [1.54, 1.807) is 25.4 Å². The summed E-state index contributed by atoms with van der Waals surface area (Å²) in [4.78, 5) is 15.8. The van der Waals surface area contributed by atoms with Crippen molar-refractivity contribution in [1.82, 2.24) is 20.1 Å². The standard InChI is InChI=1S/C14H10F3N7OS/c1-6-8(26-12(21-6)7-3-2-4-20-5-7)11-23-10(24-25-11)9(18)22-13(19)14(15,16)17/h2-5H,1H3,(H3,18,19,22). The van der Waals surface area contributed by atoms with E-state index in [1.807, 2.05) is 6.07 Å². The zero-order valence-electron chi connectivity index (χ0n) is 13.1. The summed E-state index contributed by atoms with van der Waals surface area (Å²) < 4.78 is 42.2. The number of pyridine rings is 1. The molecule has 0 bridgehead atoms. The number of rotatable bonds is 3. The predicted octanol–water partition coefficient (Wildman–Crippen LogP) is 2.81. The molecule has 134 valence electrons. The van der Waals surface area contributed by atoms with Gasteiger partial charge in [0.2, 0.25) is 11.7 Å². The van der Waals surface area contributed by atoms with Gasteiger partial charge >= 0.3 is 6.18 Å². The molecule has 0 saturated heterocycles. The van der Waals surface area contributed by atoms with Gasteiger partial charge in [-0.1, -0.05) is 5.16 Å². The molecule has 0 saturated carbocycles. The Balaban J connectivity index is 1.89. The summed E-state index contributed by atoms with van der Waals surface area (Å²) in [5.41, 5.74) is 6.17. The Morgan fingerprint density at radius 3 is 2.77 bits per heavy atom. The van der Waals surface area contributed by atoms with Crippen LogP contribution in [0.2, 0.25) is 0 Å². The highest BCUT2D eigenvalue weighted by Gasteiger charge is 2.34. The highest BCUT2D eigenvalue weighted by atomic mass is 32.1.